The number of carbonyl (C=O) groups is 1. The number of benzene rings is 1. The molecule has 1 rings (SSSR count). The molecule has 0 saturated heterocycles. The molecule has 0 spiro atoms. The lowest BCUT2D eigenvalue weighted by Gasteiger charge is -2.18. The third-order valence-electron chi connectivity index (χ3n) is 3.55. The van der Waals surface area contributed by atoms with Crippen LogP contribution in [0.25, 0.3) is 0 Å². The van der Waals surface area contributed by atoms with E-state index in [9.17, 15) is 4.79 Å². The fourth-order valence-corrected chi connectivity index (χ4v) is 2.14. The lowest BCUT2D eigenvalue weighted by molar-refractivity contribution is -0.121. The minimum absolute atomic E-state index is 0.0651. The van der Waals surface area contributed by atoms with Gasteiger partial charge in [0.15, 0.2) is 0 Å². The van der Waals surface area contributed by atoms with Gasteiger partial charge in [-0.25, -0.2) is 0 Å². The molecule has 112 valence electrons. The summed E-state index contributed by atoms with van der Waals surface area (Å²) in [6.45, 7) is 7.91. The van der Waals surface area contributed by atoms with Crippen LogP contribution in [-0.2, 0) is 4.79 Å². The van der Waals surface area contributed by atoms with E-state index >= 15 is 0 Å². The maximum atomic E-state index is 11.8. The highest BCUT2D eigenvalue weighted by atomic mass is 16.1. The molecule has 1 unspecified atom stereocenters. The largest absolute Gasteiger partial charge is 0.355 e. The zero-order chi connectivity index (χ0) is 14.8. The minimum atomic E-state index is -0.0651. The first-order valence-corrected chi connectivity index (χ1v) is 7.47. The van der Waals surface area contributed by atoms with Gasteiger partial charge in [-0.05, 0) is 25.1 Å². The van der Waals surface area contributed by atoms with Gasteiger partial charge < -0.3 is 16.0 Å². The number of amides is 1. The number of nitrogens with one attached hydrogen (secondary N) is 1. The van der Waals surface area contributed by atoms with Crippen LogP contribution < -0.4 is 11.1 Å². The van der Waals surface area contributed by atoms with Crippen LogP contribution in [0.15, 0.2) is 30.3 Å². The second kappa shape index (κ2) is 9.50. The van der Waals surface area contributed by atoms with Crippen LogP contribution in [0, 0.1) is 0 Å². The molecule has 0 bridgehead atoms. The molecule has 1 atom stereocenters. The topological polar surface area (TPSA) is 58.4 Å². The van der Waals surface area contributed by atoms with E-state index < -0.39 is 0 Å². The lowest BCUT2D eigenvalue weighted by atomic mass is 10.0. The molecule has 0 heterocycles. The van der Waals surface area contributed by atoms with Crippen molar-refractivity contribution in [1.29, 1.82) is 0 Å². The number of nitrogens with zero attached hydrogens (tertiary/aromatic N) is 1. The summed E-state index contributed by atoms with van der Waals surface area (Å²) in [4.78, 5) is 14.0. The van der Waals surface area contributed by atoms with Crippen LogP contribution in [0.3, 0.4) is 0 Å². The Kier molecular flexibility index (Phi) is 7.92. The van der Waals surface area contributed by atoms with Crippen molar-refractivity contribution in [3.05, 3.63) is 35.9 Å². The summed E-state index contributed by atoms with van der Waals surface area (Å²) < 4.78 is 0. The van der Waals surface area contributed by atoms with Gasteiger partial charge in [0, 0.05) is 25.6 Å². The average Bonchev–Trinajstić information content (AvgIpc) is 2.50. The van der Waals surface area contributed by atoms with Crippen molar-refractivity contribution in [1.82, 2.24) is 10.2 Å². The van der Waals surface area contributed by atoms with Crippen LogP contribution in [0.2, 0.25) is 0 Å². The molecule has 0 saturated carbocycles. The third-order valence-corrected chi connectivity index (χ3v) is 3.55. The predicted molar refractivity (Wildman–Crippen MR) is 83.4 cm³/mol. The number of hydrogen-bond donors (Lipinski definition) is 2. The molecular weight excluding hydrogens is 250 g/mol. The van der Waals surface area contributed by atoms with Gasteiger partial charge in [0.2, 0.25) is 5.91 Å². The number of rotatable bonds is 9. The number of nitrogens with two attached hydrogens (primary N) is 1. The summed E-state index contributed by atoms with van der Waals surface area (Å²) in [5, 5.41) is 2.95. The van der Waals surface area contributed by atoms with E-state index in [1.54, 1.807) is 0 Å². The maximum absolute atomic E-state index is 11.8. The molecule has 0 aliphatic rings. The Balaban J connectivity index is 2.20. The van der Waals surface area contributed by atoms with E-state index in [1.807, 2.05) is 30.3 Å². The number of hydrogen-bond acceptors (Lipinski definition) is 3. The standard InChI is InChI=1S/C16H27N3O/c1-3-19(4-2)13-12-18-16(20)11-10-15(17)14-8-6-5-7-9-14/h5-9,15H,3-4,10-13,17H2,1-2H3,(H,18,20). The van der Waals surface area contributed by atoms with Gasteiger partial charge >= 0.3 is 0 Å². The smallest absolute Gasteiger partial charge is 0.220 e. The van der Waals surface area contributed by atoms with E-state index in [4.69, 9.17) is 5.73 Å². The van der Waals surface area contributed by atoms with Crippen molar-refractivity contribution in [3.63, 3.8) is 0 Å². The van der Waals surface area contributed by atoms with Crippen molar-refractivity contribution in [3.8, 4) is 0 Å². The van der Waals surface area contributed by atoms with Gasteiger partial charge in [-0.15, -0.1) is 0 Å². The molecule has 0 aliphatic heterocycles. The molecule has 3 N–H and O–H groups in total. The minimum Gasteiger partial charge on any atom is -0.355 e. The SMILES string of the molecule is CCN(CC)CCNC(=O)CCC(N)c1ccccc1. The van der Waals surface area contributed by atoms with Crippen molar-refractivity contribution in [2.24, 2.45) is 5.73 Å². The Bertz CT molecular complexity index is 377. The van der Waals surface area contributed by atoms with Crippen LogP contribution in [-0.4, -0.2) is 37.0 Å². The average molecular weight is 277 g/mol. The maximum Gasteiger partial charge on any atom is 0.220 e. The molecule has 0 aliphatic carbocycles. The van der Waals surface area contributed by atoms with Gasteiger partial charge in [-0.2, -0.15) is 0 Å². The first-order chi connectivity index (χ1) is 9.67. The van der Waals surface area contributed by atoms with E-state index in [-0.39, 0.29) is 11.9 Å². The Morgan fingerprint density at radius 3 is 2.50 bits per heavy atom. The molecule has 1 aromatic carbocycles. The van der Waals surface area contributed by atoms with Crippen LogP contribution in [0.1, 0.15) is 38.3 Å². The third kappa shape index (κ3) is 6.17. The lowest BCUT2D eigenvalue weighted by Crippen LogP contribution is -2.34. The van der Waals surface area contributed by atoms with E-state index in [2.05, 4.69) is 24.1 Å². The number of carbonyl (C=O) groups excluding carboxylic acids is 1. The van der Waals surface area contributed by atoms with Crippen LogP contribution in [0.5, 0.6) is 0 Å². The Hall–Kier alpha value is -1.39. The summed E-state index contributed by atoms with van der Waals surface area (Å²) in [6.07, 6.45) is 1.16. The fourth-order valence-electron chi connectivity index (χ4n) is 2.14. The number of likely N-dealkylation sites (N-methyl/N-ethyl adjacent to an activating group) is 1. The molecule has 0 fully saturated rings. The highest BCUT2D eigenvalue weighted by Gasteiger charge is 2.08. The van der Waals surface area contributed by atoms with Gasteiger partial charge in [0.05, 0.1) is 0 Å². The van der Waals surface area contributed by atoms with Crippen LogP contribution >= 0.6 is 0 Å². The Morgan fingerprint density at radius 2 is 1.90 bits per heavy atom. The molecule has 20 heavy (non-hydrogen) atoms. The fraction of sp³-hybridized carbons (Fsp3) is 0.562. The molecule has 1 amide bonds. The zero-order valence-electron chi connectivity index (χ0n) is 12.6. The zero-order valence-corrected chi connectivity index (χ0v) is 12.6. The van der Waals surface area contributed by atoms with Crippen LogP contribution in [0.4, 0.5) is 0 Å². The van der Waals surface area contributed by atoms with Gasteiger partial charge in [0.1, 0.15) is 0 Å². The van der Waals surface area contributed by atoms with Gasteiger partial charge in [-0.3, -0.25) is 4.79 Å². The second-order valence-corrected chi connectivity index (χ2v) is 4.93. The molecule has 0 aromatic heterocycles. The molecule has 4 heteroatoms. The summed E-state index contributed by atoms with van der Waals surface area (Å²) in [7, 11) is 0. The van der Waals surface area contributed by atoms with Crippen molar-refractivity contribution < 1.29 is 4.79 Å². The summed E-state index contributed by atoms with van der Waals surface area (Å²) in [5.41, 5.74) is 7.16. The predicted octanol–water partition coefficient (Wildman–Crippen LogP) is 1.92. The first-order valence-electron chi connectivity index (χ1n) is 7.47. The highest BCUT2D eigenvalue weighted by molar-refractivity contribution is 5.75. The monoisotopic (exact) mass is 277 g/mol. The van der Waals surface area contributed by atoms with E-state index in [0.29, 0.717) is 19.4 Å². The van der Waals surface area contributed by atoms with Crippen molar-refractivity contribution >= 4 is 5.91 Å². The van der Waals surface area contributed by atoms with Crippen molar-refractivity contribution in [2.75, 3.05) is 26.2 Å². The van der Waals surface area contributed by atoms with Crippen molar-refractivity contribution in [2.45, 2.75) is 32.7 Å². The van der Waals surface area contributed by atoms with E-state index in [1.165, 1.54) is 0 Å². The molecule has 4 nitrogen and oxygen atoms in total. The van der Waals surface area contributed by atoms with E-state index in [0.717, 1.165) is 25.2 Å². The normalized spacial score (nSPS) is 12.4. The Labute approximate surface area is 122 Å². The second-order valence-electron chi connectivity index (χ2n) is 4.93. The Morgan fingerprint density at radius 1 is 1.25 bits per heavy atom. The quantitative estimate of drug-likeness (QED) is 0.725. The van der Waals surface area contributed by atoms with Gasteiger partial charge in [-0.1, -0.05) is 44.2 Å². The summed E-state index contributed by atoms with van der Waals surface area (Å²) in [6, 6.07) is 9.85. The first kappa shape index (κ1) is 16.7. The van der Waals surface area contributed by atoms with Gasteiger partial charge in [0.25, 0.3) is 0 Å². The summed E-state index contributed by atoms with van der Waals surface area (Å²) in [5.74, 6) is 0.0866. The molecule has 1 aromatic rings. The molecular formula is C16H27N3O. The molecule has 0 radical (unpaired) electrons. The summed E-state index contributed by atoms with van der Waals surface area (Å²) >= 11 is 0. The highest BCUT2D eigenvalue weighted by Crippen LogP contribution is 2.14.